The summed E-state index contributed by atoms with van der Waals surface area (Å²) in [5, 5.41) is 3.42. The molecule has 0 saturated heterocycles. The molecule has 1 aromatic carbocycles. The first-order chi connectivity index (χ1) is 12.2. The number of primary amides is 1. The number of nitrogens with one attached hydrogen (secondary N) is 1. The summed E-state index contributed by atoms with van der Waals surface area (Å²) >= 11 is 0. The van der Waals surface area contributed by atoms with Crippen molar-refractivity contribution in [3.05, 3.63) is 29.3 Å². The summed E-state index contributed by atoms with van der Waals surface area (Å²) in [6.07, 6.45) is 1.79. The van der Waals surface area contributed by atoms with Crippen LogP contribution >= 0.6 is 0 Å². The fourth-order valence-electron chi connectivity index (χ4n) is 3.03. The maximum Gasteiger partial charge on any atom is 0.414 e. The summed E-state index contributed by atoms with van der Waals surface area (Å²) in [5.74, 6) is 0.157. The number of carbonyl (C=O) groups excluding carboxylic acids is 2. The van der Waals surface area contributed by atoms with Crippen molar-refractivity contribution in [2.24, 2.45) is 11.7 Å². The van der Waals surface area contributed by atoms with Crippen LogP contribution in [-0.4, -0.2) is 30.7 Å². The maximum absolute atomic E-state index is 12.3. The molecular weight excluding hydrogens is 330 g/mol. The van der Waals surface area contributed by atoms with Crippen LogP contribution in [0.25, 0.3) is 0 Å². The van der Waals surface area contributed by atoms with Crippen molar-refractivity contribution in [1.29, 1.82) is 0 Å². The zero-order valence-electron chi connectivity index (χ0n) is 16.3. The maximum atomic E-state index is 12.3. The molecule has 0 bridgehead atoms. The first-order valence-electron chi connectivity index (χ1n) is 9.27. The zero-order valence-corrected chi connectivity index (χ0v) is 16.3. The number of nitrogens with zero attached hydrogens (tertiary/aromatic N) is 1. The first kappa shape index (κ1) is 20.2. The quantitative estimate of drug-likeness (QED) is 0.782. The van der Waals surface area contributed by atoms with Crippen molar-refractivity contribution in [1.82, 2.24) is 5.32 Å². The van der Waals surface area contributed by atoms with Gasteiger partial charge in [0.2, 0.25) is 5.91 Å². The summed E-state index contributed by atoms with van der Waals surface area (Å²) in [5.41, 5.74) is 8.00. The molecule has 2 rings (SSSR count). The molecule has 2 amide bonds. The Kier molecular flexibility index (Phi) is 6.64. The lowest BCUT2D eigenvalue weighted by atomic mass is 10.0. The number of ether oxygens (including phenoxy) is 1. The molecule has 6 heteroatoms. The normalized spacial score (nSPS) is 14.8. The van der Waals surface area contributed by atoms with E-state index in [4.69, 9.17) is 10.5 Å². The Morgan fingerprint density at radius 2 is 2.08 bits per heavy atom. The average molecular weight is 361 g/mol. The molecule has 0 radical (unpaired) electrons. The molecule has 0 spiro atoms. The Balaban J connectivity index is 1.88. The van der Waals surface area contributed by atoms with Gasteiger partial charge in [-0.3, -0.25) is 9.69 Å². The summed E-state index contributed by atoms with van der Waals surface area (Å²) in [6.45, 7) is 10.0. The van der Waals surface area contributed by atoms with E-state index in [1.807, 2.05) is 32.9 Å². The van der Waals surface area contributed by atoms with Gasteiger partial charge in [-0.05, 0) is 63.3 Å². The van der Waals surface area contributed by atoms with Crippen LogP contribution in [0.15, 0.2) is 18.2 Å². The third-order valence-corrected chi connectivity index (χ3v) is 4.36. The van der Waals surface area contributed by atoms with Gasteiger partial charge in [0.05, 0.1) is 5.69 Å². The molecule has 6 nitrogen and oxygen atoms in total. The molecule has 26 heavy (non-hydrogen) atoms. The fourth-order valence-corrected chi connectivity index (χ4v) is 3.03. The summed E-state index contributed by atoms with van der Waals surface area (Å²) in [7, 11) is 0. The van der Waals surface area contributed by atoms with Gasteiger partial charge in [-0.1, -0.05) is 19.1 Å². The molecule has 0 aliphatic carbocycles. The standard InChI is InChI=1S/C20H31N3O3/c1-14(5-8-18(21)24)12-22-13-15-6-7-17-16(11-15)9-10-23(17)19(25)26-20(2,3)4/h6-7,11,14,22H,5,8-10,12-13H2,1-4H3,(H2,21,24). The van der Waals surface area contributed by atoms with Crippen LogP contribution in [0.3, 0.4) is 0 Å². The first-order valence-corrected chi connectivity index (χ1v) is 9.27. The second kappa shape index (κ2) is 8.54. The van der Waals surface area contributed by atoms with E-state index in [1.54, 1.807) is 4.90 Å². The van der Waals surface area contributed by atoms with E-state index in [0.717, 1.165) is 31.6 Å². The van der Waals surface area contributed by atoms with E-state index in [-0.39, 0.29) is 12.0 Å². The molecule has 1 atom stereocenters. The number of hydrogen-bond acceptors (Lipinski definition) is 4. The van der Waals surface area contributed by atoms with Crippen LogP contribution in [0.5, 0.6) is 0 Å². The van der Waals surface area contributed by atoms with Crippen molar-refractivity contribution in [2.45, 2.75) is 59.1 Å². The minimum absolute atomic E-state index is 0.245. The topological polar surface area (TPSA) is 84.7 Å². The highest BCUT2D eigenvalue weighted by Gasteiger charge is 2.28. The van der Waals surface area contributed by atoms with Gasteiger partial charge >= 0.3 is 6.09 Å². The van der Waals surface area contributed by atoms with Crippen molar-refractivity contribution < 1.29 is 14.3 Å². The molecule has 3 N–H and O–H groups in total. The molecule has 0 saturated carbocycles. The predicted octanol–water partition coefficient (Wildman–Crippen LogP) is 2.98. The minimum Gasteiger partial charge on any atom is -0.443 e. The SMILES string of the molecule is CC(CCC(N)=O)CNCc1ccc2c(c1)CCN2C(=O)OC(C)(C)C. The van der Waals surface area contributed by atoms with Crippen molar-refractivity contribution in [3.8, 4) is 0 Å². The van der Waals surface area contributed by atoms with Crippen LogP contribution in [0.1, 0.15) is 51.7 Å². The third-order valence-electron chi connectivity index (χ3n) is 4.36. The van der Waals surface area contributed by atoms with Gasteiger partial charge in [-0.15, -0.1) is 0 Å². The minimum atomic E-state index is -0.491. The van der Waals surface area contributed by atoms with Crippen molar-refractivity contribution in [3.63, 3.8) is 0 Å². The lowest BCUT2D eigenvalue weighted by Crippen LogP contribution is -2.35. The molecule has 144 valence electrons. The average Bonchev–Trinajstić information content (AvgIpc) is 2.94. The summed E-state index contributed by atoms with van der Waals surface area (Å²) < 4.78 is 5.48. The van der Waals surface area contributed by atoms with Gasteiger partial charge in [0, 0.05) is 19.5 Å². The molecule has 1 aromatic rings. The Bertz CT molecular complexity index is 652. The number of rotatable bonds is 7. The highest BCUT2D eigenvalue weighted by atomic mass is 16.6. The number of fused-ring (bicyclic) bond motifs is 1. The molecule has 0 aromatic heterocycles. The van der Waals surface area contributed by atoms with Crippen LogP contribution < -0.4 is 16.0 Å². The molecule has 1 aliphatic rings. The molecule has 0 fully saturated rings. The Hall–Kier alpha value is -2.08. The lowest BCUT2D eigenvalue weighted by Gasteiger charge is -2.24. The fraction of sp³-hybridized carbons (Fsp3) is 0.600. The van der Waals surface area contributed by atoms with Crippen LogP contribution in [-0.2, 0) is 22.5 Å². The lowest BCUT2D eigenvalue weighted by molar-refractivity contribution is -0.118. The number of nitrogens with two attached hydrogens (primary N) is 1. The van der Waals surface area contributed by atoms with Gasteiger partial charge in [-0.25, -0.2) is 4.79 Å². The summed E-state index contributed by atoms with van der Waals surface area (Å²) in [4.78, 5) is 24.9. The smallest absolute Gasteiger partial charge is 0.414 e. The van der Waals surface area contributed by atoms with E-state index >= 15 is 0 Å². The van der Waals surface area contributed by atoms with Crippen LogP contribution in [0.2, 0.25) is 0 Å². The van der Waals surface area contributed by atoms with E-state index in [1.165, 1.54) is 11.1 Å². The number of carbonyl (C=O) groups is 2. The molecule has 1 aliphatic heterocycles. The Morgan fingerprint density at radius 3 is 2.73 bits per heavy atom. The highest BCUT2D eigenvalue weighted by Crippen LogP contribution is 2.30. The van der Waals surface area contributed by atoms with E-state index in [0.29, 0.717) is 18.9 Å². The number of anilines is 1. The highest BCUT2D eigenvalue weighted by molar-refractivity contribution is 5.90. The Labute approximate surface area is 156 Å². The van der Waals surface area contributed by atoms with Crippen molar-refractivity contribution >= 4 is 17.7 Å². The second-order valence-electron chi connectivity index (χ2n) is 8.09. The van der Waals surface area contributed by atoms with Gasteiger partial charge in [0.15, 0.2) is 0 Å². The predicted molar refractivity (Wildman–Crippen MR) is 103 cm³/mol. The molecule has 1 heterocycles. The van der Waals surface area contributed by atoms with E-state index < -0.39 is 5.60 Å². The second-order valence-corrected chi connectivity index (χ2v) is 8.09. The monoisotopic (exact) mass is 361 g/mol. The molecular formula is C20H31N3O3. The largest absolute Gasteiger partial charge is 0.443 e. The van der Waals surface area contributed by atoms with Crippen LogP contribution in [0, 0.1) is 5.92 Å². The van der Waals surface area contributed by atoms with Crippen molar-refractivity contribution in [2.75, 3.05) is 18.0 Å². The van der Waals surface area contributed by atoms with Gasteiger partial charge < -0.3 is 15.8 Å². The molecule has 1 unspecified atom stereocenters. The summed E-state index contributed by atoms with van der Waals surface area (Å²) in [6, 6.07) is 6.20. The van der Waals surface area contributed by atoms with E-state index in [2.05, 4.69) is 18.3 Å². The number of benzene rings is 1. The van der Waals surface area contributed by atoms with Gasteiger partial charge in [-0.2, -0.15) is 0 Å². The van der Waals surface area contributed by atoms with E-state index in [9.17, 15) is 9.59 Å². The Morgan fingerprint density at radius 1 is 1.35 bits per heavy atom. The van der Waals surface area contributed by atoms with Gasteiger partial charge in [0.1, 0.15) is 5.60 Å². The van der Waals surface area contributed by atoms with Crippen LogP contribution in [0.4, 0.5) is 10.5 Å². The third kappa shape index (κ3) is 6.02. The zero-order chi connectivity index (χ0) is 19.3. The number of hydrogen-bond donors (Lipinski definition) is 2. The number of amides is 2. The van der Waals surface area contributed by atoms with Gasteiger partial charge in [0.25, 0.3) is 0 Å².